The minimum Gasteiger partial charge on any atom is -0.376 e. The quantitative estimate of drug-likeness (QED) is 0.869. The number of benzene rings is 1. The Hall–Kier alpha value is -0.870. The van der Waals surface area contributed by atoms with Gasteiger partial charge in [0.25, 0.3) is 0 Å². The average molecular weight is 286 g/mol. The Kier molecular flexibility index (Phi) is 3.54. The second-order valence-electron chi connectivity index (χ2n) is 3.45. The molecule has 0 aliphatic carbocycles. The minimum atomic E-state index is -1.36. The number of rotatable bonds is 3. The highest BCUT2D eigenvalue weighted by Gasteiger charge is 2.33. The molecule has 0 amide bonds. The summed E-state index contributed by atoms with van der Waals surface area (Å²) in [5, 5.41) is 11.1. The zero-order valence-electron chi connectivity index (χ0n) is 8.73. The molecule has 1 N–H and O–H groups in total. The third kappa shape index (κ3) is 2.11. The van der Waals surface area contributed by atoms with Gasteiger partial charge in [0.2, 0.25) is 0 Å². The molecule has 1 aromatic heterocycles. The van der Waals surface area contributed by atoms with Crippen LogP contribution in [0.25, 0.3) is 0 Å². The number of hydrogen-bond acceptors (Lipinski definition) is 3. The Morgan fingerprint density at radius 2 is 1.94 bits per heavy atom. The third-order valence-corrected chi connectivity index (χ3v) is 4.38. The normalized spacial score (nSPS) is 14.3. The molecule has 0 aliphatic rings. The fourth-order valence-corrected chi connectivity index (χ4v) is 2.90. The van der Waals surface area contributed by atoms with Gasteiger partial charge in [0.05, 0.1) is 9.90 Å². The summed E-state index contributed by atoms with van der Waals surface area (Å²) in [6.07, 6.45) is 1.43. The average Bonchev–Trinajstić information content (AvgIpc) is 2.71. The van der Waals surface area contributed by atoms with E-state index in [1.54, 1.807) is 12.1 Å². The Labute approximate surface area is 113 Å². The van der Waals surface area contributed by atoms with Gasteiger partial charge in [-0.25, -0.2) is 0 Å². The molecule has 0 saturated carbocycles. The van der Waals surface area contributed by atoms with Gasteiger partial charge >= 0.3 is 0 Å². The molecule has 88 valence electrons. The predicted molar refractivity (Wildman–Crippen MR) is 71.8 cm³/mol. The van der Waals surface area contributed by atoms with Crippen molar-refractivity contribution in [2.24, 2.45) is 0 Å². The summed E-state index contributed by atoms with van der Waals surface area (Å²) in [5.41, 5.74) is -0.680. The van der Waals surface area contributed by atoms with E-state index in [0.29, 0.717) is 10.4 Å². The van der Waals surface area contributed by atoms with Gasteiger partial charge < -0.3 is 5.11 Å². The largest absolute Gasteiger partial charge is 0.376 e. The lowest BCUT2D eigenvalue weighted by atomic mass is 9.92. The first-order chi connectivity index (χ1) is 8.09. The van der Waals surface area contributed by atoms with Crippen LogP contribution in [-0.2, 0) is 5.60 Å². The van der Waals surface area contributed by atoms with E-state index in [4.69, 9.17) is 23.2 Å². The molecule has 0 fully saturated rings. The second-order valence-corrected chi connectivity index (χ2v) is 4.96. The first-order valence-corrected chi connectivity index (χ1v) is 6.35. The zero-order chi connectivity index (χ0) is 12.5. The van der Waals surface area contributed by atoms with Crippen molar-refractivity contribution < 1.29 is 5.11 Å². The molecule has 0 radical (unpaired) electrons. The van der Waals surface area contributed by atoms with E-state index in [-0.39, 0.29) is 10.2 Å². The molecular weight excluding hydrogens is 277 g/mol. The fourth-order valence-electron chi connectivity index (χ4n) is 1.53. The van der Waals surface area contributed by atoms with Crippen molar-refractivity contribution in [3.63, 3.8) is 0 Å². The monoisotopic (exact) mass is 285 g/mol. The van der Waals surface area contributed by atoms with Gasteiger partial charge in [-0.05, 0) is 17.1 Å². The van der Waals surface area contributed by atoms with E-state index in [2.05, 4.69) is 11.0 Å². The van der Waals surface area contributed by atoms with Crippen molar-refractivity contribution in [2.75, 3.05) is 0 Å². The SMILES string of the molecule is C=CC(O)(c1ccccc1)c1snc(Cl)c1Cl. The van der Waals surface area contributed by atoms with Gasteiger partial charge in [-0.2, -0.15) is 4.37 Å². The predicted octanol–water partition coefficient (Wildman–Crippen LogP) is 3.87. The fraction of sp³-hybridized carbons (Fsp3) is 0.0833. The molecule has 2 aromatic rings. The number of hydrogen-bond donors (Lipinski definition) is 1. The maximum atomic E-state index is 10.7. The summed E-state index contributed by atoms with van der Waals surface area (Å²) >= 11 is 12.9. The van der Waals surface area contributed by atoms with Gasteiger partial charge in [0.15, 0.2) is 5.15 Å². The highest BCUT2D eigenvalue weighted by molar-refractivity contribution is 7.07. The lowest BCUT2D eigenvalue weighted by Gasteiger charge is -2.23. The van der Waals surface area contributed by atoms with E-state index in [0.717, 1.165) is 11.5 Å². The van der Waals surface area contributed by atoms with E-state index in [9.17, 15) is 5.11 Å². The van der Waals surface area contributed by atoms with E-state index in [1.165, 1.54) is 6.08 Å². The summed E-state index contributed by atoms with van der Waals surface area (Å²) in [6, 6.07) is 9.13. The lowest BCUT2D eigenvalue weighted by molar-refractivity contribution is 0.139. The maximum absolute atomic E-state index is 10.7. The summed E-state index contributed by atoms with van der Waals surface area (Å²) in [6.45, 7) is 3.66. The van der Waals surface area contributed by atoms with Crippen LogP contribution in [0.1, 0.15) is 10.4 Å². The van der Waals surface area contributed by atoms with Gasteiger partial charge in [0, 0.05) is 0 Å². The number of nitrogens with zero attached hydrogens (tertiary/aromatic N) is 1. The van der Waals surface area contributed by atoms with Crippen LogP contribution in [0.3, 0.4) is 0 Å². The molecule has 1 aromatic carbocycles. The zero-order valence-corrected chi connectivity index (χ0v) is 11.1. The van der Waals surface area contributed by atoms with Gasteiger partial charge in [-0.15, -0.1) is 0 Å². The van der Waals surface area contributed by atoms with Crippen LogP contribution < -0.4 is 0 Å². The van der Waals surface area contributed by atoms with Crippen LogP contribution in [0, 0.1) is 0 Å². The van der Waals surface area contributed by atoms with Gasteiger partial charge in [-0.1, -0.05) is 66.2 Å². The van der Waals surface area contributed by atoms with Crippen LogP contribution in [0.5, 0.6) is 0 Å². The van der Waals surface area contributed by atoms with Crippen molar-refractivity contribution >= 4 is 34.7 Å². The van der Waals surface area contributed by atoms with Gasteiger partial charge in [0.1, 0.15) is 5.60 Å². The molecular formula is C12H9Cl2NOS. The van der Waals surface area contributed by atoms with Crippen molar-refractivity contribution in [3.05, 3.63) is 63.6 Å². The lowest BCUT2D eigenvalue weighted by Crippen LogP contribution is -2.23. The molecule has 1 heterocycles. The molecule has 17 heavy (non-hydrogen) atoms. The molecule has 5 heteroatoms. The van der Waals surface area contributed by atoms with E-state index >= 15 is 0 Å². The van der Waals surface area contributed by atoms with Crippen molar-refractivity contribution in [3.8, 4) is 0 Å². The number of aromatic nitrogens is 1. The Bertz CT molecular complexity index is 541. The molecule has 0 saturated heterocycles. The molecule has 1 atom stereocenters. The Morgan fingerprint density at radius 3 is 2.41 bits per heavy atom. The molecule has 0 bridgehead atoms. The first-order valence-electron chi connectivity index (χ1n) is 4.82. The summed E-state index contributed by atoms with van der Waals surface area (Å²) in [5.74, 6) is 0. The molecule has 2 nitrogen and oxygen atoms in total. The van der Waals surface area contributed by atoms with Crippen LogP contribution >= 0.6 is 34.7 Å². The summed E-state index contributed by atoms with van der Waals surface area (Å²) < 4.78 is 3.92. The molecule has 0 aliphatic heterocycles. The second kappa shape index (κ2) is 4.78. The van der Waals surface area contributed by atoms with E-state index < -0.39 is 5.60 Å². The van der Waals surface area contributed by atoms with Crippen LogP contribution in [0.4, 0.5) is 0 Å². The van der Waals surface area contributed by atoms with Gasteiger partial charge in [-0.3, -0.25) is 0 Å². The minimum absolute atomic E-state index is 0.197. The number of aliphatic hydroxyl groups is 1. The topological polar surface area (TPSA) is 33.1 Å². The Morgan fingerprint density at radius 1 is 1.29 bits per heavy atom. The smallest absolute Gasteiger partial charge is 0.161 e. The van der Waals surface area contributed by atoms with Crippen molar-refractivity contribution in [1.29, 1.82) is 0 Å². The third-order valence-electron chi connectivity index (χ3n) is 2.45. The van der Waals surface area contributed by atoms with Crippen LogP contribution in [0.15, 0.2) is 43.0 Å². The highest BCUT2D eigenvalue weighted by Crippen LogP contribution is 2.40. The van der Waals surface area contributed by atoms with Crippen LogP contribution in [-0.4, -0.2) is 9.48 Å². The molecule has 0 spiro atoms. The summed E-state index contributed by atoms with van der Waals surface area (Å²) in [4.78, 5) is 0.477. The standard InChI is InChI=1S/C12H9Cl2NOS/c1-2-12(16,8-6-4-3-5-7-8)10-9(13)11(14)15-17-10/h2-7,16H,1H2. The van der Waals surface area contributed by atoms with Crippen molar-refractivity contribution in [2.45, 2.75) is 5.60 Å². The highest BCUT2D eigenvalue weighted by atomic mass is 35.5. The molecule has 2 rings (SSSR count). The Balaban J connectivity index is 2.60. The molecule has 1 unspecified atom stereocenters. The van der Waals surface area contributed by atoms with Crippen molar-refractivity contribution in [1.82, 2.24) is 4.37 Å². The number of halogens is 2. The van der Waals surface area contributed by atoms with E-state index in [1.807, 2.05) is 18.2 Å². The maximum Gasteiger partial charge on any atom is 0.161 e. The van der Waals surface area contributed by atoms with Crippen LogP contribution in [0.2, 0.25) is 10.2 Å². The summed E-state index contributed by atoms with van der Waals surface area (Å²) in [7, 11) is 0. The first kappa shape index (κ1) is 12.6.